The summed E-state index contributed by atoms with van der Waals surface area (Å²) in [5, 5.41) is 13.2. The molecule has 2 N–H and O–H groups in total. The van der Waals surface area contributed by atoms with Gasteiger partial charge < -0.3 is 4.98 Å². The van der Waals surface area contributed by atoms with Gasteiger partial charge in [0.2, 0.25) is 0 Å². The Kier molecular flexibility index (Phi) is 3.66. The van der Waals surface area contributed by atoms with Gasteiger partial charge in [0.05, 0.1) is 10.7 Å². The molecule has 6 nitrogen and oxygen atoms in total. The second-order valence-electron chi connectivity index (χ2n) is 5.05. The van der Waals surface area contributed by atoms with Crippen LogP contribution in [0.15, 0.2) is 52.0 Å². The number of aromatic nitrogens is 4. The summed E-state index contributed by atoms with van der Waals surface area (Å²) < 4.78 is 13.6. The largest absolute Gasteiger partial charge is 0.338 e. The zero-order valence-electron chi connectivity index (χ0n) is 12.2. The van der Waals surface area contributed by atoms with E-state index in [4.69, 9.17) is 0 Å². The standard InChI is InChI=1S/C16H10BrFN6/c17-11-7-9(5-6-12(11)18)8-19-23-16-21-15-14(22-24-16)10-3-1-2-4-13(10)20-15/h1-8H,(H2,20,21,23,24)/b19-8+. The molecule has 0 radical (unpaired) electrons. The molecule has 118 valence electrons. The molecule has 0 aliphatic carbocycles. The number of anilines is 1. The van der Waals surface area contributed by atoms with Gasteiger partial charge in [0, 0.05) is 10.9 Å². The summed E-state index contributed by atoms with van der Waals surface area (Å²) in [5.74, 6) is -0.0524. The van der Waals surface area contributed by atoms with Crippen molar-refractivity contribution in [1.29, 1.82) is 0 Å². The van der Waals surface area contributed by atoms with E-state index in [-0.39, 0.29) is 11.8 Å². The van der Waals surface area contributed by atoms with E-state index in [1.54, 1.807) is 18.3 Å². The smallest absolute Gasteiger partial charge is 0.265 e. The molecule has 0 fully saturated rings. The molecule has 0 saturated carbocycles. The number of fused-ring (bicyclic) bond motifs is 3. The number of nitrogens with zero attached hydrogens (tertiary/aromatic N) is 4. The Balaban J connectivity index is 1.59. The number of aromatic amines is 1. The number of hydrogen-bond acceptors (Lipinski definition) is 5. The lowest BCUT2D eigenvalue weighted by molar-refractivity contribution is 0.621. The third-order valence-corrected chi connectivity index (χ3v) is 4.05. The minimum absolute atomic E-state index is 0.270. The van der Waals surface area contributed by atoms with Crippen LogP contribution in [-0.4, -0.2) is 26.4 Å². The summed E-state index contributed by atoms with van der Waals surface area (Å²) in [5.41, 5.74) is 5.74. The van der Waals surface area contributed by atoms with Gasteiger partial charge in [0.15, 0.2) is 5.65 Å². The highest BCUT2D eigenvalue weighted by atomic mass is 79.9. The van der Waals surface area contributed by atoms with E-state index in [9.17, 15) is 4.39 Å². The number of hydrogen-bond donors (Lipinski definition) is 2. The predicted molar refractivity (Wildman–Crippen MR) is 94.5 cm³/mol. The van der Waals surface area contributed by atoms with E-state index in [2.05, 4.69) is 46.6 Å². The van der Waals surface area contributed by atoms with Crippen molar-refractivity contribution in [2.45, 2.75) is 0 Å². The van der Waals surface area contributed by atoms with Crippen LogP contribution < -0.4 is 5.43 Å². The minimum atomic E-state index is -0.322. The number of halogens is 2. The molecular formula is C16H10BrFN6. The molecule has 0 atom stereocenters. The molecule has 0 saturated heterocycles. The van der Waals surface area contributed by atoms with Gasteiger partial charge in [0.25, 0.3) is 5.95 Å². The van der Waals surface area contributed by atoms with Crippen molar-refractivity contribution in [1.82, 2.24) is 20.2 Å². The lowest BCUT2D eigenvalue weighted by atomic mass is 10.2. The van der Waals surface area contributed by atoms with Gasteiger partial charge in [-0.05, 0) is 39.7 Å². The second kappa shape index (κ2) is 5.97. The maximum Gasteiger partial charge on any atom is 0.265 e. The predicted octanol–water partition coefficient (Wildman–Crippen LogP) is 3.85. The first-order chi connectivity index (χ1) is 11.7. The molecule has 24 heavy (non-hydrogen) atoms. The quantitative estimate of drug-likeness (QED) is 0.415. The highest BCUT2D eigenvalue weighted by Gasteiger charge is 2.07. The Morgan fingerprint density at radius 3 is 2.92 bits per heavy atom. The monoisotopic (exact) mass is 384 g/mol. The van der Waals surface area contributed by atoms with E-state index in [0.29, 0.717) is 15.6 Å². The zero-order valence-corrected chi connectivity index (χ0v) is 13.7. The van der Waals surface area contributed by atoms with Gasteiger partial charge in [-0.2, -0.15) is 10.1 Å². The van der Waals surface area contributed by atoms with E-state index in [0.717, 1.165) is 16.5 Å². The molecule has 0 amide bonds. The van der Waals surface area contributed by atoms with Crippen molar-refractivity contribution in [3.8, 4) is 0 Å². The Bertz CT molecular complexity index is 1070. The number of benzene rings is 2. The Morgan fingerprint density at radius 2 is 2.04 bits per heavy atom. The van der Waals surface area contributed by atoms with E-state index in [1.165, 1.54) is 6.07 Å². The number of nitrogens with one attached hydrogen (secondary N) is 2. The molecule has 2 heterocycles. The van der Waals surface area contributed by atoms with Crippen LogP contribution in [0.4, 0.5) is 10.3 Å². The SMILES string of the molecule is Fc1ccc(/C=N/Nc2nnc3c(n2)[nH]c2ccccc23)cc1Br. The van der Waals surface area contributed by atoms with E-state index < -0.39 is 0 Å². The number of para-hydroxylation sites is 1. The van der Waals surface area contributed by atoms with Gasteiger partial charge >= 0.3 is 0 Å². The third-order valence-electron chi connectivity index (χ3n) is 3.44. The topological polar surface area (TPSA) is 78.8 Å². The molecule has 2 aromatic heterocycles. The van der Waals surface area contributed by atoms with Crippen LogP contribution in [0.1, 0.15) is 5.56 Å². The highest BCUT2D eigenvalue weighted by molar-refractivity contribution is 9.10. The molecule has 8 heteroatoms. The van der Waals surface area contributed by atoms with Crippen LogP contribution in [0, 0.1) is 5.82 Å². The summed E-state index contributed by atoms with van der Waals surface area (Å²) in [7, 11) is 0. The lowest BCUT2D eigenvalue weighted by Crippen LogP contribution is -1.99. The molecule has 4 aromatic rings. The summed E-state index contributed by atoms with van der Waals surface area (Å²) in [4.78, 5) is 7.54. The maximum atomic E-state index is 13.2. The van der Waals surface area contributed by atoms with Crippen LogP contribution >= 0.6 is 15.9 Å². The summed E-state index contributed by atoms with van der Waals surface area (Å²) in [6.07, 6.45) is 1.54. The normalized spacial score (nSPS) is 11.6. The van der Waals surface area contributed by atoms with Crippen LogP contribution in [0.3, 0.4) is 0 Å². The Morgan fingerprint density at radius 1 is 1.17 bits per heavy atom. The second-order valence-corrected chi connectivity index (χ2v) is 5.90. The number of hydrazone groups is 1. The molecule has 0 unspecified atom stereocenters. The molecule has 0 bridgehead atoms. The summed E-state index contributed by atoms with van der Waals surface area (Å²) in [6.45, 7) is 0. The first-order valence-electron chi connectivity index (χ1n) is 7.06. The summed E-state index contributed by atoms with van der Waals surface area (Å²) in [6, 6.07) is 12.4. The van der Waals surface area contributed by atoms with E-state index >= 15 is 0 Å². The van der Waals surface area contributed by atoms with Crippen molar-refractivity contribution in [3.05, 3.63) is 58.3 Å². The van der Waals surface area contributed by atoms with Gasteiger partial charge in [-0.1, -0.05) is 24.3 Å². The number of H-pyrrole nitrogens is 1. The minimum Gasteiger partial charge on any atom is -0.338 e. The molecule has 2 aromatic carbocycles. The van der Waals surface area contributed by atoms with Crippen LogP contribution in [0.2, 0.25) is 0 Å². The van der Waals surface area contributed by atoms with Gasteiger partial charge in [-0.15, -0.1) is 10.2 Å². The first-order valence-corrected chi connectivity index (χ1v) is 7.85. The van der Waals surface area contributed by atoms with Crippen molar-refractivity contribution in [3.63, 3.8) is 0 Å². The fourth-order valence-corrected chi connectivity index (χ4v) is 2.72. The van der Waals surface area contributed by atoms with Crippen LogP contribution in [0.5, 0.6) is 0 Å². The van der Waals surface area contributed by atoms with Crippen molar-refractivity contribution in [2.24, 2.45) is 5.10 Å². The molecular weight excluding hydrogens is 375 g/mol. The third kappa shape index (κ3) is 2.71. The van der Waals surface area contributed by atoms with Gasteiger partial charge in [0.1, 0.15) is 11.3 Å². The van der Waals surface area contributed by atoms with Gasteiger partial charge in [-0.25, -0.2) is 9.82 Å². The van der Waals surface area contributed by atoms with E-state index in [1.807, 2.05) is 24.3 Å². The molecule has 0 spiro atoms. The average Bonchev–Trinajstić information content (AvgIpc) is 2.96. The average molecular weight is 385 g/mol. The lowest BCUT2D eigenvalue weighted by Gasteiger charge is -1.98. The molecule has 0 aliphatic rings. The van der Waals surface area contributed by atoms with Crippen LogP contribution in [-0.2, 0) is 0 Å². The van der Waals surface area contributed by atoms with Crippen molar-refractivity contribution in [2.75, 3.05) is 5.43 Å². The zero-order chi connectivity index (χ0) is 16.5. The van der Waals surface area contributed by atoms with Gasteiger partial charge in [-0.3, -0.25) is 0 Å². The fraction of sp³-hybridized carbons (Fsp3) is 0. The van der Waals surface area contributed by atoms with Crippen molar-refractivity contribution >= 4 is 50.2 Å². The molecule has 0 aliphatic heterocycles. The first kappa shape index (κ1) is 14.7. The highest BCUT2D eigenvalue weighted by Crippen LogP contribution is 2.21. The Hall–Kier alpha value is -2.87. The Labute approximate surface area is 144 Å². The summed E-state index contributed by atoms with van der Waals surface area (Å²) >= 11 is 3.13. The number of rotatable bonds is 3. The van der Waals surface area contributed by atoms with Crippen LogP contribution in [0.25, 0.3) is 22.1 Å². The van der Waals surface area contributed by atoms with Crippen molar-refractivity contribution < 1.29 is 4.39 Å². The molecule has 4 rings (SSSR count). The fourth-order valence-electron chi connectivity index (χ4n) is 2.33. The maximum absolute atomic E-state index is 13.2.